The molecule has 0 saturated heterocycles. The predicted molar refractivity (Wildman–Crippen MR) is 71.1 cm³/mol. The standard InChI is InChI=1S/C12H9N3O6/c1-7-8(3-2-4-9(7)14(17)18)13-12(16)10-5-6-11(21-10)15(19)20/h2-6H,1H3,(H,13,16). The maximum Gasteiger partial charge on any atom is 0.433 e. The largest absolute Gasteiger partial charge is 0.433 e. The van der Waals surface area contributed by atoms with E-state index >= 15 is 0 Å². The van der Waals surface area contributed by atoms with Gasteiger partial charge in [-0.1, -0.05) is 6.07 Å². The molecule has 108 valence electrons. The molecule has 0 atom stereocenters. The molecule has 1 N–H and O–H groups in total. The fourth-order valence-electron chi connectivity index (χ4n) is 1.69. The number of nitrogens with one attached hydrogen (secondary N) is 1. The zero-order valence-corrected chi connectivity index (χ0v) is 10.7. The molecule has 0 spiro atoms. The summed E-state index contributed by atoms with van der Waals surface area (Å²) >= 11 is 0. The summed E-state index contributed by atoms with van der Waals surface area (Å²) in [5, 5.41) is 23.7. The number of nitrogens with zero attached hydrogens (tertiary/aromatic N) is 2. The lowest BCUT2D eigenvalue weighted by atomic mass is 10.1. The first-order valence-electron chi connectivity index (χ1n) is 5.69. The van der Waals surface area contributed by atoms with Crippen LogP contribution in [0.25, 0.3) is 0 Å². The predicted octanol–water partition coefficient (Wildman–Crippen LogP) is 2.66. The Hall–Kier alpha value is -3.23. The second kappa shape index (κ2) is 5.41. The molecule has 0 aliphatic rings. The number of benzene rings is 1. The van der Waals surface area contributed by atoms with Crippen LogP contribution in [0.3, 0.4) is 0 Å². The highest BCUT2D eigenvalue weighted by atomic mass is 16.6. The maximum atomic E-state index is 11.9. The minimum absolute atomic E-state index is 0.141. The van der Waals surface area contributed by atoms with Crippen LogP contribution in [0.1, 0.15) is 16.1 Å². The van der Waals surface area contributed by atoms with E-state index in [4.69, 9.17) is 4.42 Å². The van der Waals surface area contributed by atoms with Gasteiger partial charge in [-0.2, -0.15) is 0 Å². The van der Waals surface area contributed by atoms with E-state index in [0.29, 0.717) is 0 Å². The Bertz CT molecular complexity index is 736. The van der Waals surface area contributed by atoms with Gasteiger partial charge in [0.15, 0.2) is 5.76 Å². The van der Waals surface area contributed by atoms with Crippen molar-refractivity contribution in [2.45, 2.75) is 6.92 Å². The van der Waals surface area contributed by atoms with Crippen molar-refractivity contribution < 1.29 is 19.1 Å². The van der Waals surface area contributed by atoms with Gasteiger partial charge in [-0.3, -0.25) is 25.0 Å². The molecule has 9 heteroatoms. The molecule has 1 amide bonds. The number of anilines is 1. The molecule has 1 aromatic heterocycles. The fraction of sp³-hybridized carbons (Fsp3) is 0.0833. The van der Waals surface area contributed by atoms with E-state index in [9.17, 15) is 25.0 Å². The van der Waals surface area contributed by atoms with Gasteiger partial charge >= 0.3 is 5.88 Å². The van der Waals surface area contributed by atoms with Crippen LogP contribution in [-0.4, -0.2) is 15.8 Å². The van der Waals surface area contributed by atoms with Crippen LogP contribution >= 0.6 is 0 Å². The lowest BCUT2D eigenvalue weighted by Gasteiger charge is -2.06. The van der Waals surface area contributed by atoms with Crippen molar-refractivity contribution in [1.82, 2.24) is 0 Å². The molecule has 1 heterocycles. The molecule has 0 aliphatic carbocycles. The zero-order valence-electron chi connectivity index (χ0n) is 10.7. The van der Waals surface area contributed by atoms with Gasteiger partial charge in [-0.05, 0) is 19.1 Å². The van der Waals surface area contributed by atoms with Crippen LogP contribution in [0.15, 0.2) is 34.7 Å². The van der Waals surface area contributed by atoms with Gasteiger partial charge in [-0.15, -0.1) is 0 Å². The number of hydrogen-bond acceptors (Lipinski definition) is 6. The summed E-state index contributed by atoms with van der Waals surface area (Å²) in [6.07, 6.45) is 0. The second-order valence-electron chi connectivity index (χ2n) is 4.06. The first-order valence-corrected chi connectivity index (χ1v) is 5.69. The third kappa shape index (κ3) is 2.86. The number of rotatable bonds is 4. The van der Waals surface area contributed by atoms with Crippen molar-refractivity contribution >= 4 is 23.2 Å². The summed E-state index contributed by atoms with van der Waals surface area (Å²) in [5.41, 5.74) is 0.364. The Kier molecular flexibility index (Phi) is 3.65. The Morgan fingerprint density at radius 1 is 1.14 bits per heavy atom. The highest BCUT2D eigenvalue weighted by molar-refractivity contribution is 6.03. The van der Waals surface area contributed by atoms with Gasteiger partial charge in [0.2, 0.25) is 0 Å². The normalized spacial score (nSPS) is 10.1. The van der Waals surface area contributed by atoms with E-state index in [-0.39, 0.29) is 22.7 Å². The van der Waals surface area contributed by atoms with Crippen molar-refractivity contribution in [3.8, 4) is 0 Å². The molecular formula is C12H9N3O6. The molecule has 0 fully saturated rings. The van der Waals surface area contributed by atoms with Crippen molar-refractivity contribution in [2.24, 2.45) is 0 Å². The molecule has 9 nitrogen and oxygen atoms in total. The second-order valence-corrected chi connectivity index (χ2v) is 4.06. The first kappa shape index (κ1) is 14.2. The van der Waals surface area contributed by atoms with Crippen molar-refractivity contribution in [2.75, 3.05) is 5.32 Å². The number of nitro benzene ring substituents is 1. The molecular weight excluding hydrogens is 282 g/mol. The lowest BCUT2D eigenvalue weighted by molar-refractivity contribution is -0.402. The molecule has 0 radical (unpaired) electrons. The molecule has 0 aliphatic heterocycles. The van der Waals surface area contributed by atoms with E-state index in [2.05, 4.69) is 5.32 Å². The van der Waals surface area contributed by atoms with Crippen LogP contribution in [0, 0.1) is 27.2 Å². The number of furan rings is 1. The van der Waals surface area contributed by atoms with Crippen LogP contribution in [-0.2, 0) is 0 Å². The van der Waals surface area contributed by atoms with E-state index in [1.807, 2.05) is 0 Å². The average Bonchev–Trinajstić information content (AvgIpc) is 2.90. The number of amides is 1. The van der Waals surface area contributed by atoms with Crippen LogP contribution in [0.4, 0.5) is 17.3 Å². The number of carbonyl (C=O) groups is 1. The third-order valence-corrected chi connectivity index (χ3v) is 2.75. The van der Waals surface area contributed by atoms with Crippen LogP contribution in [0.5, 0.6) is 0 Å². The van der Waals surface area contributed by atoms with E-state index in [1.54, 1.807) is 0 Å². The highest BCUT2D eigenvalue weighted by Gasteiger charge is 2.19. The van der Waals surface area contributed by atoms with Crippen molar-refractivity contribution in [3.05, 3.63) is 61.9 Å². The van der Waals surface area contributed by atoms with Gasteiger partial charge in [0.1, 0.15) is 4.92 Å². The van der Waals surface area contributed by atoms with Crippen molar-refractivity contribution in [1.29, 1.82) is 0 Å². The summed E-state index contributed by atoms with van der Waals surface area (Å²) in [7, 11) is 0. The minimum Gasteiger partial charge on any atom is -0.395 e. The summed E-state index contributed by atoms with van der Waals surface area (Å²) in [5.74, 6) is -1.55. The fourth-order valence-corrected chi connectivity index (χ4v) is 1.69. The third-order valence-electron chi connectivity index (χ3n) is 2.75. The SMILES string of the molecule is Cc1c(NC(=O)c2ccc([N+](=O)[O-])o2)cccc1[N+](=O)[O-]. The monoisotopic (exact) mass is 291 g/mol. The molecule has 2 rings (SSSR count). The summed E-state index contributed by atoms with van der Waals surface area (Å²) in [6, 6.07) is 6.42. The Labute approximate surface area is 117 Å². The molecule has 0 saturated carbocycles. The summed E-state index contributed by atoms with van der Waals surface area (Å²) < 4.78 is 4.75. The van der Waals surface area contributed by atoms with E-state index in [1.165, 1.54) is 25.1 Å². The lowest BCUT2D eigenvalue weighted by Crippen LogP contribution is -2.12. The quantitative estimate of drug-likeness (QED) is 0.681. The van der Waals surface area contributed by atoms with E-state index in [0.717, 1.165) is 12.1 Å². The smallest absolute Gasteiger partial charge is 0.395 e. The van der Waals surface area contributed by atoms with Gasteiger partial charge in [0, 0.05) is 6.07 Å². The molecule has 1 aromatic carbocycles. The van der Waals surface area contributed by atoms with Gasteiger partial charge in [0.05, 0.1) is 22.2 Å². The molecule has 0 bridgehead atoms. The summed E-state index contributed by atoms with van der Waals surface area (Å²) in [6.45, 7) is 1.48. The first-order chi connectivity index (χ1) is 9.90. The van der Waals surface area contributed by atoms with Crippen LogP contribution < -0.4 is 5.32 Å². The Morgan fingerprint density at radius 3 is 2.43 bits per heavy atom. The zero-order chi connectivity index (χ0) is 15.6. The van der Waals surface area contributed by atoms with E-state index < -0.39 is 21.6 Å². The molecule has 2 aromatic rings. The average molecular weight is 291 g/mol. The van der Waals surface area contributed by atoms with Gasteiger partial charge in [0.25, 0.3) is 11.6 Å². The van der Waals surface area contributed by atoms with Crippen molar-refractivity contribution in [3.63, 3.8) is 0 Å². The Balaban J connectivity index is 2.25. The van der Waals surface area contributed by atoms with Gasteiger partial charge < -0.3 is 9.73 Å². The number of carbonyl (C=O) groups excluding carboxylic acids is 1. The molecule has 21 heavy (non-hydrogen) atoms. The minimum atomic E-state index is -0.768. The number of nitro groups is 2. The number of hydrogen-bond donors (Lipinski definition) is 1. The maximum absolute atomic E-state index is 11.9. The molecule has 0 unspecified atom stereocenters. The highest BCUT2D eigenvalue weighted by Crippen LogP contribution is 2.26. The van der Waals surface area contributed by atoms with Crippen LogP contribution in [0.2, 0.25) is 0 Å². The summed E-state index contributed by atoms with van der Waals surface area (Å²) in [4.78, 5) is 31.8. The Morgan fingerprint density at radius 2 is 1.86 bits per heavy atom. The van der Waals surface area contributed by atoms with Gasteiger partial charge in [-0.25, -0.2) is 0 Å². The topological polar surface area (TPSA) is 129 Å².